The Morgan fingerprint density at radius 3 is 2.22 bits per heavy atom. The number of carbonyl (C=O) groups excluding carboxylic acids is 3. The highest BCUT2D eigenvalue weighted by Gasteiger charge is 2.25. The summed E-state index contributed by atoms with van der Waals surface area (Å²) in [4.78, 5) is 37.3. The van der Waals surface area contributed by atoms with Crippen LogP contribution in [0.2, 0.25) is 10.0 Å². The fourth-order valence-corrected chi connectivity index (χ4v) is 3.55. The number of furan rings is 1. The lowest BCUT2D eigenvalue weighted by Gasteiger charge is -2.20. The molecule has 0 spiro atoms. The van der Waals surface area contributed by atoms with E-state index >= 15 is 0 Å². The van der Waals surface area contributed by atoms with Crippen LogP contribution < -0.4 is 10.7 Å². The predicted octanol–water partition coefficient (Wildman–Crippen LogP) is 5.72. The van der Waals surface area contributed by atoms with Crippen molar-refractivity contribution >= 4 is 47.2 Å². The zero-order chi connectivity index (χ0) is 27.1. The summed E-state index contributed by atoms with van der Waals surface area (Å²) in [5.41, 5.74) is 3.92. The lowest BCUT2D eigenvalue weighted by molar-refractivity contribution is -0.123. The molecule has 0 fully saturated rings. The van der Waals surface area contributed by atoms with E-state index in [2.05, 4.69) is 15.8 Å². The monoisotopic (exact) mass is 543 g/mol. The quantitative estimate of drug-likeness (QED) is 0.203. The van der Waals surface area contributed by atoms with E-state index in [4.69, 9.17) is 32.4 Å². The largest absolute Gasteiger partial charge is 0.459 e. The van der Waals surface area contributed by atoms with Crippen LogP contribution in [0.5, 0.6) is 0 Å². The van der Waals surface area contributed by atoms with E-state index < -0.39 is 23.8 Å². The molecule has 194 valence electrons. The van der Waals surface area contributed by atoms with Crippen molar-refractivity contribution in [1.82, 2.24) is 10.7 Å². The number of rotatable bonds is 9. The van der Waals surface area contributed by atoms with Gasteiger partial charge in [-0.2, -0.15) is 5.10 Å². The van der Waals surface area contributed by atoms with E-state index in [0.717, 1.165) is 5.56 Å². The van der Waals surface area contributed by atoms with Gasteiger partial charge in [0.2, 0.25) is 0 Å². The van der Waals surface area contributed by atoms with Gasteiger partial charge in [0.1, 0.15) is 17.6 Å². The van der Waals surface area contributed by atoms with Crippen LogP contribution in [-0.2, 0) is 9.53 Å². The first-order valence-corrected chi connectivity index (χ1v) is 12.3. The number of carbonyl (C=O) groups is 3. The molecule has 10 heteroatoms. The number of amides is 2. The van der Waals surface area contributed by atoms with Crippen LogP contribution >= 0.6 is 23.2 Å². The Kier molecular flexibility index (Phi) is 9.49. The van der Waals surface area contributed by atoms with E-state index in [1.165, 1.54) is 24.4 Å². The van der Waals surface area contributed by atoms with Crippen LogP contribution in [0, 0.1) is 5.92 Å². The third-order valence-electron chi connectivity index (χ3n) is 5.16. The average Bonchev–Trinajstić information content (AvgIpc) is 3.32. The van der Waals surface area contributed by atoms with Crippen LogP contribution in [-0.4, -0.2) is 36.1 Å². The molecule has 37 heavy (non-hydrogen) atoms. The molecule has 1 heterocycles. The summed E-state index contributed by atoms with van der Waals surface area (Å²) in [7, 11) is 0. The number of halogens is 2. The van der Waals surface area contributed by atoms with Crippen molar-refractivity contribution in [1.29, 1.82) is 0 Å². The lowest BCUT2D eigenvalue weighted by Crippen LogP contribution is -2.48. The summed E-state index contributed by atoms with van der Waals surface area (Å²) >= 11 is 11.9. The normalized spacial score (nSPS) is 12.1. The van der Waals surface area contributed by atoms with Gasteiger partial charge in [0.25, 0.3) is 11.8 Å². The highest BCUT2D eigenvalue weighted by atomic mass is 35.5. The molecule has 2 N–H and O–H groups in total. The van der Waals surface area contributed by atoms with Gasteiger partial charge in [0.05, 0.1) is 27.9 Å². The van der Waals surface area contributed by atoms with Crippen molar-refractivity contribution in [2.24, 2.45) is 11.0 Å². The third kappa shape index (κ3) is 7.68. The molecule has 0 aliphatic heterocycles. The summed E-state index contributed by atoms with van der Waals surface area (Å²) in [5.74, 6) is -0.591. The van der Waals surface area contributed by atoms with Gasteiger partial charge in [-0.1, -0.05) is 49.2 Å². The van der Waals surface area contributed by atoms with Gasteiger partial charge in [-0.25, -0.2) is 10.2 Å². The molecule has 1 atom stereocenters. The topological polar surface area (TPSA) is 110 Å². The second-order valence-corrected chi connectivity index (χ2v) is 9.61. The van der Waals surface area contributed by atoms with Crippen molar-refractivity contribution in [2.75, 3.05) is 0 Å². The average molecular weight is 544 g/mol. The Labute approximate surface area is 225 Å². The van der Waals surface area contributed by atoms with Crippen LogP contribution in [0.1, 0.15) is 54.2 Å². The third-order valence-corrected chi connectivity index (χ3v) is 5.90. The fraction of sp³-hybridized carbons (Fsp3) is 0.259. The molecule has 3 aromatic rings. The molecule has 0 saturated heterocycles. The van der Waals surface area contributed by atoms with Crippen LogP contribution in [0.3, 0.4) is 0 Å². The number of hydrogen-bond donors (Lipinski definition) is 2. The van der Waals surface area contributed by atoms with Crippen molar-refractivity contribution in [3.05, 3.63) is 81.5 Å². The van der Waals surface area contributed by atoms with E-state index in [1.54, 1.807) is 64.1 Å². The molecule has 8 nitrogen and oxygen atoms in total. The predicted molar refractivity (Wildman–Crippen MR) is 143 cm³/mol. The summed E-state index contributed by atoms with van der Waals surface area (Å²) in [6.07, 6.45) is 1.16. The lowest BCUT2D eigenvalue weighted by atomic mass is 10.0. The molecule has 0 saturated carbocycles. The minimum atomic E-state index is -0.841. The number of hydrazone groups is 1. The van der Waals surface area contributed by atoms with Crippen molar-refractivity contribution in [3.63, 3.8) is 0 Å². The van der Waals surface area contributed by atoms with Gasteiger partial charge >= 0.3 is 5.97 Å². The molecule has 0 bridgehead atoms. The zero-order valence-corrected chi connectivity index (χ0v) is 22.3. The summed E-state index contributed by atoms with van der Waals surface area (Å²) in [5, 5.41) is 7.22. The first-order valence-electron chi connectivity index (χ1n) is 11.5. The van der Waals surface area contributed by atoms with Crippen molar-refractivity contribution < 1.29 is 23.5 Å². The second-order valence-electron chi connectivity index (χ2n) is 8.79. The minimum absolute atomic E-state index is 0.200. The maximum atomic E-state index is 12.7. The number of nitrogens with one attached hydrogen (secondary N) is 2. The number of esters is 1. The Hall–Kier alpha value is -3.62. The molecule has 0 aliphatic rings. The Bertz CT molecular complexity index is 1300. The Balaban J connectivity index is 1.60. The SMILES string of the molecule is CC(C)OC(=O)c1ccc(-c2ccc(/C=N\NC(=O)C(NC(=O)c3ccc(Cl)c(Cl)c3)C(C)C)o2)cc1. The highest BCUT2D eigenvalue weighted by molar-refractivity contribution is 6.42. The van der Waals surface area contributed by atoms with Crippen LogP contribution in [0.25, 0.3) is 11.3 Å². The van der Waals surface area contributed by atoms with E-state index in [-0.39, 0.29) is 22.6 Å². The van der Waals surface area contributed by atoms with Crippen molar-refractivity contribution in [3.8, 4) is 11.3 Å². The molecule has 0 aliphatic carbocycles. The van der Waals surface area contributed by atoms with Crippen LogP contribution in [0.15, 0.2) is 64.1 Å². The van der Waals surface area contributed by atoms with Gasteiger partial charge in [0.15, 0.2) is 0 Å². The van der Waals surface area contributed by atoms with Gasteiger partial charge in [0, 0.05) is 11.1 Å². The first-order chi connectivity index (χ1) is 17.5. The van der Waals surface area contributed by atoms with E-state index in [1.807, 2.05) is 0 Å². The fourth-order valence-electron chi connectivity index (χ4n) is 3.26. The Morgan fingerprint density at radius 2 is 1.59 bits per heavy atom. The zero-order valence-electron chi connectivity index (χ0n) is 20.7. The number of benzene rings is 2. The smallest absolute Gasteiger partial charge is 0.338 e. The van der Waals surface area contributed by atoms with E-state index in [9.17, 15) is 14.4 Å². The molecule has 1 aromatic heterocycles. The van der Waals surface area contributed by atoms with Gasteiger partial charge in [-0.05, 0) is 62.2 Å². The highest BCUT2D eigenvalue weighted by Crippen LogP contribution is 2.23. The summed E-state index contributed by atoms with van der Waals surface area (Å²) in [6.45, 7) is 7.18. The van der Waals surface area contributed by atoms with Gasteiger partial charge < -0.3 is 14.5 Å². The molecule has 1 unspecified atom stereocenters. The minimum Gasteiger partial charge on any atom is -0.459 e. The van der Waals surface area contributed by atoms with E-state index in [0.29, 0.717) is 22.1 Å². The molecular formula is C27H27Cl2N3O5. The summed E-state index contributed by atoms with van der Waals surface area (Å²) in [6, 6.07) is 13.9. The molecular weight excluding hydrogens is 517 g/mol. The van der Waals surface area contributed by atoms with Gasteiger partial charge in [-0.3, -0.25) is 9.59 Å². The maximum absolute atomic E-state index is 12.7. The van der Waals surface area contributed by atoms with Crippen molar-refractivity contribution in [2.45, 2.75) is 39.8 Å². The molecule has 3 rings (SSSR count). The standard InChI is InChI=1S/C27H27Cl2N3O5/c1-15(2)24(31-25(33)19-9-11-21(28)22(29)13-19)26(34)32-30-14-20-10-12-23(37-20)17-5-7-18(8-6-17)27(35)36-16(3)4/h5-16,24H,1-4H3,(H,31,33)(H,32,34)/b30-14-. The molecule has 2 amide bonds. The molecule has 0 radical (unpaired) electrons. The first kappa shape index (κ1) is 28.0. The van der Waals surface area contributed by atoms with Gasteiger partial charge in [-0.15, -0.1) is 0 Å². The van der Waals surface area contributed by atoms with Crippen LogP contribution in [0.4, 0.5) is 0 Å². The number of ether oxygens (including phenoxy) is 1. The number of hydrogen-bond acceptors (Lipinski definition) is 6. The second kappa shape index (κ2) is 12.6. The molecule has 2 aromatic carbocycles. The summed E-state index contributed by atoms with van der Waals surface area (Å²) < 4.78 is 10.9. The number of nitrogens with zero attached hydrogens (tertiary/aromatic N) is 1. The Morgan fingerprint density at radius 1 is 0.919 bits per heavy atom. The maximum Gasteiger partial charge on any atom is 0.338 e.